The molecule has 2 atom stereocenters. The number of Topliss-reactive ketones (excluding diaryl/α,β-unsaturated/α-hetero) is 1. The molecule has 42 heavy (non-hydrogen) atoms. The van der Waals surface area contributed by atoms with Crippen molar-refractivity contribution in [2.45, 2.75) is 38.5 Å². The van der Waals surface area contributed by atoms with Crippen LogP contribution in [0.4, 0.5) is 5.69 Å². The summed E-state index contributed by atoms with van der Waals surface area (Å²) in [7, 11) is 2.99. The van der Waals surface area contributed by atoms with E-state index in [0.717, 1.165) is 12.8 Å². The van der Waals surface area contributed by atoms with Gasteiger partial charge in [0.2, 0.25) is 11.8 Å². The molecule has 1 fully saturated rings. The highest BCUT2D eigenvalue weighted by Crippen LogP contribution is 2.39. The first-order chi connectivity index (χ1) is 20.4. The average molecular weight is 572 g/mol. The second kappa shape index (κ2) is 12.8. The van der Waals surface area contributed by atoms with E-state index in [2.05, 4.69) is 15.6 Å². The molecule has 1 N–H and O–H groups in total. The van der Waals surface area contributed by atoms with E-state index in [1.807, 2.05) is 24.3 Å². The van der Waals surface area contributed by atoms with Crippen LogP contribution in [0.25, 0.3) is 11.0 Å². The second-order valence-corrected chi connectivity index (χ2v) is 9.97. The lowest BCUT2D eigenvalue weighted by Gasteiger charge is -2.33. The van der Waals surface area contributed by atoms with Crippen molar-refractivity contribution in [1.29, 1.82) is 0 Å². The normalized spacial score (nSPS) is 15.3. The van der Waals surface area contributed by atoms with Gasteiger partial charge in [0, 0.05) is 30.0 Å². The number of ketones is 1. The zero-order valence-corrected chi connectivity index (χ0v) is 23.8. The van der Waals surface area contributed by atoms with Crippen LogP contribution in [0.2, 0.25) is 0 Å². The maximum absolute atomic E-state index is 14.3. The third kappa shape index (κ3) is 5.96. The molecule has 0 saturated carbocycles. The fourth-order valence-electron chi connectivity index (χ4n) is 5.17. The van der Waals surface area contributed by atoms with Crippen LogP contribution in [0.15, 0.2) is 66.7 Å². The molecule has 11 heteroatoms. The Morgan fingerprint density at radius 1 is 1.05 bits per heavy atom. The summed E-state index contributed by atoms with van der Waals surface area (Å²) in [5, 5.41) is 11.4. The maximum Gasteiger partial charge on any atom is 0.249 e. The predicted octanol–water partition coefficient (Wildman–Crippen LogP) is 3.72. The second-order valence-electron chi connectivity index (χ2n) is 9.97. The average Bonchev–Trinajstić information content (AvgIpc) is 3.68. The molecule has 1 saturated heterocycles. The number of aromatic nitrogens is 3. The minimum absolute atomic E-state index is 0.109. The van der Waals surface area contributed by atoms with Gasteiger partial charge in [-0.25, -0.2) is 4.68 Å². The lowest BCUT2D eigenvalue weighted by molar-refractivity contribution is -0.127. The number of amides is 2. The first-order valence-electron chi connectivity index (χ1n) is 13.7. The fourth-order valence-corrected chi connectivity index (χ4v) is 5.17. The molecule has 0 aliphatic carbocycles. The Morgan fingerprint density at radius 3 is 2.52 bits per heavy atom. The van der Waals surface area contributed by atoms with Gasteiger partial charge >= 0.3 is 0 Å². The van der Waals surface area contributed by atoms with E-state index < -0.39 is 17.9 Å². The first-order valence-corrected chi connectivity index (χ1v) is 13.7. The molecule has 1 aliphatic rings. The Morgan fingerprint density at radius 2 is 1.83 bits per heavy atom. The number of benzene rings is 3. The van der Waals surface area contributed by atoms with Gasteiger partial charge < -0.3 is 19.5 Å². The molecule has 4 aromatic rings. The van der Waals surface area contributed by atoms with Crippen molar-refractivity contribution in [2.24, 2.45) is 0 Å². The number of nitrogens with one attached hydrogen (secondary N) is 1. The van der Waals surface area contributed by atoms with Crippen molar-refractivity contribution in [3.63, 3.8) is 0 Å². The smallest absolute Gasteiger partial charge is 0.249 e. The highest BCUT2D eigenvalue weighted by atomic mass is 16.5. The number of fused-ring (bicyclic) bond motifs is 1. The van der Waals surface area contributed by atoms with Gasteiger partial charge in [-0.15, -0.1) is 5.10 Å². The lowest BCUT2D eigenvalue weighted by Crippen LogP contribution is -2.46. The molecule has 5 rings (SSSR count). The van der Waals surface area contributed by atoms with E-state index in [-0.39, 0.29) is 18.4 Å². The largest absolute Gasteiger partial charge is 0.493 e. The highest BCUT2D eigenvalue weighted by molar-refractivity contribution is 6.02. The molecule has 2 heterocycles. The highest BCUT2D eigenvalue weighted by Gasteiger charge is 2.36. The number of nitrogens with zero attached hydrogens (tertiary/aromatic N) is 4. The lowest BCUT2D eigenvalue weighted by atomic mass is 10.00. The van der Waals surface area contributed by atoms with Gasteiger partial charge in [0.15, 0.2) is 17.3 Å². The first kappa shape index (κ1) is 28.7. The van der Waals surface area contributed by atoms with E-state index in [9.17, 15) is 14.4 Å². The van der Waals surface area contributed by atoms with Crippen molar-refractivity contribution in [1.82, 2.24) is 20.3 Å². The van der Waals surface area contributed by atoms with Crippen LogP contribution in [0.1, 0.15) is 41.7 Å². The molecule has 1 aromatic heterocycles. The van der Waals surface area contributed by atoms with Crippen LogP contribution in [-0.4, -0.2) is 66.1 Å². The molecule has 3 aromatic carbocycles. The quantitative estimate of drug-likeness (QED) is 0.270. The Kier molecular flexibility index (Phi) is 8.77. The molecular formula is C31H33N5O6. The SMILES string of the molecule is COc1cccc([C@H](C(=O)NC[C@@H]2CCCO2)N(C(=O)Cn2nnc3ccccc32)c2ccc(C(C)=O)cc2)c1OC. The molecule has 0 spiro atoms. The third-order valence-electron chi connectivity index (χ3n) is 7.29. The molecule has 2 amide bonds. The van der Waals surface area contributed by atoms with Crippen LogP contribution in [0.5, 0.6) is 11.5 Å². The molecule has 0 bridgehead atoms. The summed E-state index contributed by atoms with van der Waals surface area (Å²) in [5.41, 5.74) is 2.64. The topological polar surface area (TPSA) is 125 Å². The van der Waals surface area contributed by atoms with Gasteiger partial charge in [-0.1, -0.05) is 29.5 Å². The third-order valence-corrected chi connectivity index (χ3v) is 7.29. The molecule has 0 unspecified atom stereocenters. The number of ether oxygens (including phenoxy) is 3. The number of carbonyl (C=O) groups excluding carboxylic acids is 3. The van der Waals surface area contributed by atoms with Crippen LogP contribution in [0, 0.1) is 0 Å². The molecular weight excluding hydrogens is 538 g/mol. The fraction of sp³-hybridized carbons (Fsp3) is 0.323. The van der Waals surface area contributed by atoms with Gasteiger partial charge in [-0.3, -0.25) is 19.3 Å². The summed E-state index contributed by atoms with van der Waals surface area (Å²) in [6.45, 7) is 2.21. The molecule has 0 radical (unpaired) electrons. The van der Waals surface area contributed by atoms with Crippen molar-refractivity contribution in [3.8, 4) is 11.5 Å². The summed E-state index contributed by atoms with van der Waals surface area (Å²) in [6.07, 6.45) is 1.65. The summed E-state index contributed by atoms with van der Waals surface area (Å²) in [5.74, 6) is -0.239. The monoisotopic (exact) mass is 571 g/mol. The molecule has 1 aliphatic heterocycles. The zero-order valence-electron chi connectivity index (χ0n) is 23.8. The van der Waals surface area contributed by atoms with Gasteiger partial charge in [0.25, 0.3) is 0 Å². The Bertz CT molecular complexity index is 1580. The number of methoxy groups -OCH3 is 2. The van der Waals surface area contributed by atoms with E-state index in [0.29, 0.717) is 52.5 Å². The van der Waals surface area contributed by atoms with Crippen LogP contribution >= 0.6 is 0 Å². The van der Waals surface area contributed by atoms with E-state index >= 15 is 0 Å². The Balaban J connectivity index is 1.61. The van der Waals surface area contributed by atoms with Gasteiger partial charge in [-0.2, -0.15) is 0 Å². The van der Waals surface area contributed by atoms with E-state index in [1.165, 1.54) is 30.7 Å². The number of rotatable bonds is 11. The van der Waals surface area contributed by atoms with Gasteiger partial charge in [-0.05, 0) is 62.2 Å². The van der Waals surface area contributed by atoms with E-state index in [4.69, 9.17) is 14.2 Å². The van der Waals surface area contributed by atoms with Gasteiger partial charge in [0.05, 0.1) is 25.8 Å². The summed E-state index contributed by atoms with van der Waals surface area (Å²) in [4.78, 5) is 41.9. The Hall–Kier alpha value is -4.77. The van der Waals surface area contributed by atoms with Crippen molar-refractivity contribution in [2.75, 3.05) is 32.3 Å². The van der Waals surface area contributed by atoms with Crippen LogP contribution < -0.4 is 19.7 Å². The number of para-hydroxylation sites is 2. The number of hydrogen-bond acceptors (Lipinski definition) is 8. The van der Waals surface area contributed by atoms with E-state index in [1.54, 1.807) is 42.5 Å². The summed E-state index contributed by atoms with van der Waals surface area (Å²) in [6, 6.07) is 17.9. The summed E-state index contributed by atoms with van der Waals surface area (Å²) >= 11 is 0. The minimum Gasteiger partial charge on any atom is -0.493 e. The van der Waals surface area contributed by atoms with Crippen molar-refractivity contribution in [3.05, 3.63) is 77.9 Å². The Labute approximate surface area is 243 Å². The van der Waals surface area contributed by atoms with Crippen molar-refractivity contribution >= 4 is 34.3 Å². The molecule has 218 valence electrons. The maximum atomic E-state index is 14.3. The summed E-state index contributed by atoms with van der Waals surface area (Å²) < 4.78 is 18.5. The standard InChI is InChI=1S/C31H33N5O6/c1-20(37)21-13-15-22(16-14-21)36(28(38)19-35-26-11-5-4-10-25(26)33-34-35)29(31(39)32-18-23-8-7-17-42-23)24-9-6-12-27(40-2)30(24)41-3/h4-6,9-16,23,29H,7-8,17-19H2,1-3H3,(H,32,39)/t23-,29+/m0/s1. The minimum atomic E-state index is -1.16. The number of hydrogen-bond donors (Lipinski definition) is 1. The number of anilines is 1. The van der Waals surface area contributed by atoms with Crippen LogP contribution in [-0.2, 0) is 20.9 Å². The van der Waals surface area contributed by atoms with Gasteiger partial charge in [0.1, 0.15) is 18.1 Å². The van der Waals surface area contributed by atoms with Crippen molar-refractivity contribution < 1.29 is 28.6 Å². The molecule has 11 nitrogen and oxygen atoms in total. The predicted molar refractivity (Wildman–Crippen MR) is 156 cm³/mol. The van der Waals surface area contributed by atoms with Crippen LogP contribution in [0.3, 0.4) is 0 Å². The number of carbonyl (C=O) groups is 3. The zero-order chi connectivity index (χ0) is 29.6.